The molecule has 0 radical (unpaired) electrons. The fourth-order valence-corrected chi connectivity index (χ4v) is 3.37. The number of aromatic nitrogens is 1. The number of hydrogen-bond acceptors (Lipinski definition) is 4. The summed E-state index contributed by atoms with van der Waals surface area (Å²) in [7, 11) is 1.87. The van der Waals surface area contributed by atoms with Crippen LogP contribution in [0.15, 0.2) is 30.3 Å². The van der Waals surface area contributed by atoms with Crippen molar-refractivity contribution in [2.24, 2.45) is 7.05 Å². The van der Waals surface area contributed by atoms with Gasteiger partial charge >= 0.3 is 12.1 Å². The number of hydrogen-bond donors (Lipinski definition) is 0. The van der Waals surface area contributed by atoms with Crippen LogP contribution >= 0.6 is 0 Å². The van der Waals surface area contributed by atoms with E-state index in [4.69, 9.17) is 9.47 Å². The van der Waals surface area contributed by atoms with Crippen molar-refractivity contribution < 1.29 is 19.1 Å². The Morgan fingerprint density at radius 3 is 2.54 bits per heavy atom. The lowest BCUT2D eigenvalue weighted by Gasteiger charge is -2.29. The molecule has 2 heterocycles. The maximum atomic E-state index is 12.2. The van der Waals surface area contributed by atoms with Gasteiger partial charge in [0.1, 0.15) is 11.3 Å². The first-order valence-electron chi connectivity index (χ1n) is 9.63. The Bertz CT molecular complexity index is 934. The smallest absolute Gasteiger partial charge is 0.410 e. The van der Waals surface area contributed by atoms with E-state index in [0.717, 1.165) is 22.9 Å². The zero-order valence-electron chi connectivity index (χ0n) is 17.2. The summed E-state index contributed by atoms with van der Waals surface area (Å²) in [5.74, 6) is -0.312. The van der Waals surface area contributed by atoms with E-state index in [-0.39, 0.29) is 12.1 Å². The summed E-state index contributed by atoms with van der Waals surface area (Å²) in [5.41, 5.74) is 3.35. The first kappa shape index (κ1) is 20.0. The van der Waals surface area contributed by atoms with Crippen LogP contribution in [-0.4, -0.2) is 46.8 Å². The molecule has 1 amide bonds. The number of carbonyl (C=O) groups is 2. The maximum Gasteiger partial charge on any atom is 0.410 e. The SMILES string of the molecule is CCOC(=O)c1cc2cc(C3=CCN(C(=O)OC(C)(C)C)CC3)ccc2n1C. The third-order valence-corrected chi connectivity index (χ3v) is 4.76. The van der Waals surface area contributed by atoms with Gasteiger partial charge in [-0.05, 0) is 63.5 Å². The fraction of sp³-hybridized carbons (Fsp3) is 0.455. The van der Waals surface area contributed by atoms with Crippen LogP contribution in [0.3, 0.4) is 0 Å². The second-order valence-electron chi connectivity index (χ2n) is 7.99. The Morgan fingerprint density at radius 1 is 1.18 bits per heavy atom. The average Bonchev–Trinajstić information content (AvgIpc) is 2.97. The summed E-state index contributed by atoms with van der Waals surface area (Å²) in [4.78, 5) is 26.1. The number of nitrogens with zero attached hydrogens (tertiary/aromatic N) is 2. The fourth-order valence-electron chi connectivity index (χ4n) is 3.37. The van der Waals surface area contributed by atoms with Gasteiger partial charge in [-0.1, -0.05) is 12.1 Å². The number of aryl methyl sites for hydroxylation is 1. The molecular weight excluding hydrogens is 356 g/mol. The lowest BCUT2D eigenvalue weighted by molar-refractivity contribution is 0.0270. The van der Waals surface area contributed by atoms with Crippen molar-refractivity contribution in [3.8, 4) is 0 Å². The molecule has 28 heavy (non-hydrogen) atoms. The second-order valence-corrected chi connectivity index (χ2v) is 7.99. The van der Waals surface area contributed by atoms with Crippen LogP contribution in [0.4, 0.5) is 4.79 Å². The largest absolute Gasteiger partial charge is 0.461 e. The molecule has 2 aromatic rings. The van der Waals surface area contributed by atoms with Gasteiger partial charge in [-0.2, -0.15) is 0 Å². The number of benzene rings is 1. The number of carbonyl (C=O) groups excluding carboxylic acids is 2. The van der Waals surface area contributed by atoms with Crippen molar-refractivity contribution in [1.82, 2.24) is 9.47 Å². The van der Waals surface area contributed by atoms with E-state index in [2.05, 4.69) is 18.2 Å². The average molecular weight is 384 g/mol. The Balaban J connectivity index is 1.79. The van der Waals surface area contributed by atoms with Crippen molar-refractivity contribution in [3.05, 3.63) is 41.6 Å². The Kier molecular flexibility index (Phi) is 5.49. The Morgan fingerprint density at radius 2 is 1.93 bits per heavy atom. The molecule has 0 atom stereocenters. The first-order valence-corrected chi connectivity index (χ1v) is 9.63. The number of ether oxygens (including phenoxy) is 2. The molecule has 0 spiro atoms. The minimum absolute atomic E-state index is 0.277. The quantitative estimate of drug-likeness (QED) is 0.737. The van der Waals surface area contributed by atoms with E-state index in [0.29, 0.717) is 25.4 Å². The van der Waals surface area contributed by atoms with Crippen LogP contribution in [0.25, 0.3) is 16.5 Å². The third kappa shape index (κ3) is 4.21. The molecule has 1 aliphatic rings. The second kappa shape index (κ2) is 7.70. The summed E-state index contributed by atoms with van der Waals surface area (Å²) >= 11 is 0. The highest BCUT2D eigenvalue weighted by Gasteiger charge is 2.24. The van der Waals surface area contributed by atoms with Crippen LogP contribution in [0.2, 0.25) is 0 Å². The van der Waals surface area contributed by atoms with Gasteiger partial charge in [0, 0.05) is 31.0 Å². The van der Waals surface area contributed by atoms with Gasteiger partial charge in [0.2, 0.25) is 0 Å². The standard InChI is InChI=1S/C22H28N2O4/c1-6-27-20(25)19-14-17-13-16(7-8-18(17)23(19)5)15-9-11-24(12-10-15)21(26)28-22(2,3)4/h7-9,13-14H,6,10-12H2,1-5H3. The van der Waals surface area contributed by atoms with Gasteiger partial charge in [0.25, 0.3) is 0 Å². The predicted molar refractivity (Wildman–Crippen MR) is 109 cm³/mol. The van der Waals surface area contributed by atoms with E-state index < -0.39 is 5.60 Å². The van der Waals surface area contributed by atoms with Crippen LogP contribution in [-0.2, 0) is 16.5 Å². The van der Waals surface area contributed by atoms with Crippen molar-refractivity contribution in [2.75, 3.05) is 19.7 Å². The summed E-state index contributed by atoms with van der Waals surface area (Å²) in [6.07, 6.45) is 2.56. The van der Waals surface area contributed by atoms with Gasteiger partial charge in [-0.15, -0.1) is 0 Å². The molecular formula is C22H28N2O4. The van der Waals surface area contributed by atoms with Crippen molar-refractivity contribution >= 4 is 28.5 Å². The van der Waals surface area contributed by atoms with Crippen molar-refractivity contribution in [3.63, 3.8) is 0 Å². The van der Waals surface area contributed by atoms with Crippen molar-refractivity contribution in [2.45, 2.75) is 39.7 Å². The molecule has 1 aliphatic heterocycles. The van der Waals surface area contributed by atoms with Crippen LogP contribution < -0.4 is 0 Å². The molecule has 0 N–H and O–H groups in total. The predicted octanol–water partition coefficient (Wildman–Crippen LogP) is 4.38. The number of fused-ring (bicyclic) bond motifs is 1. The zero-order valence-corrected chi connectivity index (χ0v) is 17.2. The number of esters is 1. The highest BCUT2D eigenvalue weighted by Crippen LogP contribution is 2.28. The highest BCUT2D eigenvalue weighted by molar-refractivity contribution is 5.96. The molecule has 0 unspecified atom stereocenters. The van der Waals surface area contributed by atoms with Gasteiger partial charge < -0.3 is 18.9 Å². The van der Waals surface area contributed by atoms with Gasteiger partial charge in [0.05, 0.1) is 6.61 Å². The monoisotopic (exact) mass is 384 g/mol. The topological polar surface area (TPSA) is 60.8 Å². The van der Waals surface area contributed by atoms with Crippen LogP contribution in [0.1, 0.15) is 50.2 Å². The van der Waals surface area contributed by atoms with Gasteiger partial charge in [-0.3, -0.25) is 0 Å². The van der Waals surface area contributed by atoms with E-state index in [1.165, 1.54) is 5.57 Å². The molecule has 0 fully saturated rings. The minimum atomic E-state index is -0.490. The lowest BCUT2D eigenvalue weighted by Crippen LogP contribution is -2.39. The number of rotatable bonds is 3. The first-order chi connectivity index (χ1) is 13.2. The van der Waals surface area contributed by atoms with E-state index in [9.17, 15) is 9.59 Å². The molecule has 0 bridgehead atoms. The Labute approximate surface area is 165 Å². The van der Waals surface area contributed by atoms with Gasteiger partial charge in [0.15, 0.2) is 0 Å². The molecule has 1 aromatic heterocycles. The van der Waals surface area contributed by atoms with E-state index in [1.54, 1.807) is 11.8 Å². The molecule has 6 nitrogen and oxygen atoms in total. The molecule has 6 heteroatoms. The third-order valence-electron chi connectivity index (χ3n) is 4.76. The Hall–Kier alpha value is -2.76. The summed E-state index contributed by atoms with van der Waals surface area (Å²) in [6.45, 7) is 8.93. The summed E-state index contributed by atoms with van der Waals surface area (Å²) in [5, 5.41) is 0.999. The molecule has 150 valence electrons. The van der Waals surface area contributed by atoms with Crippen LogP contribution in [0.5, 0.6) is 0 Å². The van der Waals surface area contributed by atoms with E-state index >= 15 is 0 Å². The van der Waals surface area contributed by atoms with E-state index in [1.807, 2.05) is 44.5 Å². The molecule has 0 saturated carbocycles. The lowest BCUT2D eigenvalue weighted by atomic mass is 9.98. The molecule has 1 aromatic carbocycles. The summed E-state index contributed by atoms with van der Waals surface area (Å²) < 4.78 is 12.4. The van der Waals surface area contributed by atoms with Crippen LogP contribution in [0, 0.1) is 0 Å². The molecule has 0 aliphatic carbocycles. The summed E-state index contributed by atoms with van der Waals surface area (Å²) in [6, 6.07) is 8.04. The normalized spacial score (nSPS) is 14.8. The number of amides is 1. The van der Waals surface area contributed by atoms with Gasteiger partial charge in [-0.25, -0.2) is 9.59 Å². The molecule has 0 saturated heterocycles. The van der Waals surface area contributed by atoms with Crippen molar-refractivity contribution in [1.29, 1.82) is 0 Å². The molecule has 3 rings (SSSR count). The highest BCUT2D eigenvalue weighted by atomic mass is 16.6. The maximum absolute atomic E-state index is 12.2. The zero-order chi connectivity index (χ0) is 20.5. The minimum Gasteiger partial charge on any atom is -0.461 e.